The Morgan fingerprint density at radius 2 is 2.03 bits per heavy atom. The predicted octanol–water partition coefficient (Wildman–Crippen LogP) is 4.44. The van der Waals surface area contributed by atoms with Gasteiger partial charge in [-0.25, -0.2) is 19.2 Å². The molecule has 1 unspecified atom stereocenters. The number of hydrazone groups is 1. The Morgan fingerprint density at radius 1 is 1.24 bits per heavy atom. The number of hydrogen-bond acceptors (Lipinski definition) is 5. The molecule has 0 fully saturated rings. The van der Waals surface area contributed by atoms with E-state index in [1.807, 2.05) is 6.92 Å². The van der Waals surface area contributed by atoms with Crippen LogP contribution in [0.15, 0.2) is 58.8 Å². The van der Waals surface area contributed by atoms with Gasteiger partial charge in [0.15, 0.2) is 0 Å². The van der Waals surface area contributed by atoms with Crippen molar-refractivity contribution in [3.05, 3.63) is 71.2 Å². The van der Waals surface area contributed by atoms with E-state index >= 15 is 0 Å². The van der Waals surface area contributed by atoms with Gasteiger partial charge in [-0.05, 0) is 60.9 Å². The maximum Gasteiger partial charge on any atom is 0.405 e. The molecule has 0 saturated heterocycles. The van der Waals surface area contributed by atoms with Crippen LogP contribution < -0.4 is 10.6 Å². The lowest BCUT2D eigenvalue weighted by molar-refractivity contribution is -0.122. The highest BCUT2D eigenvalue weighted by Crippen LogP contribution is 2.48. The molecular formula is C22H20F4N6O. The van der Waals surface area contributed by atoms with Crippen molar-refractivity contribution >= 4 is 23.9 Å². The number of fused-ring (bicyclic) bond motifs is 1. The predicted molar refractivity (Wildman–Crippen MR) is 115 cm³/mol. The van der Waals surface area contributed by atoms with E-state index in [2.05, 4.69) is 15.4 Å². The SMILES string of the molecule is Cc1cc(C2N=C3C=CC=NN3[C@@]2(C)c2ccnc(NC(=O)NCC(F)(F)F)c2)ccc1F. The Balaban J connectivity index is 1.68. The maximum absolute atomic E-state index is 13.9. The molecule has 11 heteroatoms. The standard InChI is InChI=1S/C22H20F4N6O/c1-13-10-14(5-6-16(13)23)19-21(2,32-18(31-19)4-3-8-29-32)15-7-9-27-17(11-15)30-20(33)28-12-22(24,25)26/h3-11,19H,12H2,1-2H3,(H2,27,28,30,33)/t19?,21-/m0/s1. The van der Waals surface area contributed by atoms with Gasteiger partial charge in [0.05, 0.1) is 0 Å². The second kappa shape index (κ2) is 8.30. The fourth-order valence-electron chi connectivity index (χ4n) is 3.87. The Labute approximate surface area is 186 Å². The van der Waals surface area contributed by atoms with Crippen molar-refractivity contribution < 1.29 is 22.4 Å². The number of alkyl halides is 3. The fraction of sp³-hybridized carbons (Fsp3) is 0.273. The Bertz CT molecular complexity index is 1180. The van der Waals surface area contributed by atoms with Crippen LogP contribution in [-0.2, 0) is 5.54 Å². The highest BCUT2D eigenvalue weighted by molar-refractivity contribution is 6.00. The molecule has 0 aliphatic carbocycles. The van der Waals surface area contributed by atoms with Crippen LogP contribution in [0.2, 0.25) is 0 Å². The van der Waals surface area contributed by atoms with Gasteiger partial charge in [0, 0.05) is 12.4 Å². The molecule has 172 valence electrons. The Kier molecular flexibility index (Phi) is 5.64. The zero-order valence-corrected chi connectivity index (χ0v) is 17.7. The van der Waals surface area contributed by atoms with Gasteiger partial charge in [-0.1, -0.05) is 12.1 Å². The van der Waals surface area contributed by atoms with Crippen molar-refractivity contribution in [2.45, 2.75) is 31.6 Å². The van der Waals surface area contributed by atoms with Crippen LogP contribution in [0.25, 0.3) is 0 Å². The van der Waals surface area contributed by atoms with Gasteiger partial charge in [0.1, 0.15) is 35.6 Å². The van der Waals surface area contributed by atoms with E-state index in [9.17, 15) is 22.4 Å². The maximum atomic E-state index is 13.9. The van der Waals surface area contributed by atoms with E-state index in [0.29, 0.717) is 17.0 Å². The number of nitrogens with zero attached hydrogens (tertiary/aromatic N) is 4. The molecule has 7 nitrogen and oxygen atoms in total. The minimum absolute atomic E-state index is 0.0624. The number of rotatable bonds is 4. The molecule has 33 heavy (non-hydrogen) atoms. The molecule has 2 atom stereocenters. The quantitative estimate of drug-likeness (QED) is 0.662. The van der Waals surface area contributed by atoms with Gasteiger partial charge in [0.25, 0.3) is 0 Å². The van der Waals surface area contributed by atoms with E-state index in [4.69, 9.17) is 4.99 Å². The summed E-state index contributed by atoms with van der Waals surface area (Å²) in [6.45, 7) is 2.10. The number of carbonyl (C=O) groups is 1. The van der Waals surface area contributed by atoms with Crippen LogP contribution in [-0.4, -0.2) is 40.8 Å². The van der Waals surface area contributed by atoms with Crippen LogP contribution in [0.1, 0.15) is 29.7 Å². The molecule has 2 aliphatic rings. The summed E-state index contributed by atoms with van der Waals surface area (Å²) in [6.07, 6.45) is 2.07. The first-order chi connectivity index (χ1) is 15.6. The monoisotopic (exact) mass is 460 g/mol. The van der Waals surface area contributed by atoms with Gasteiger partial charge >= 0.3 is 12.2 Å². The molecule has 2 aliphatic heterocycles. The summed E-state index contributed by atoms with van der Waals surface area (Å²) in [5.41, 5.74) is 0.998. The number of urea groups is 1. The lowest BCUT2D eigenvalue weighted by atomic mass is 9.81. The largest absolute Gasteiger partial charge is 0.405 e. The van der Waals surface area contributed by atoms with E-state index in [0.717, 1.165) is 5.56 Å². The average Bonchev–Trinajstić information content (AvgIpc) is 3.08. The molecule has 0 radical (unpaired) electrons. The number of nitrogens with one attached hydrogen (secondary N) is 2. The van der Waals surface area contributed by atoms with Crippen molar-refractivity contribution in [2.75, 3.05) is 11.9 Å². The normalized spacial score (nSPS) is 21.6. The van der Waals surface area contributed by atoms with Gasteiger partial charge in [-0.3, -0.25) is 10.3 Å². The molecule has 0 saturated carbocycles. The number of aryl methyl sites for hydroxylation is 1. The summed E-state index contributed by atoms with van der Waals surface area (Å²) in [5.74, 6) is 0.329. The number of halogens is 4. The van der Waals surface area contributed by atoms with E-state index in [1.165, 1.54) is 12.3 Å². The number of pyridine rings is 1. The molecule has 4 rings (SSSR count). The molecule has 1 aromatic carbocycles. The van der Waals surface area contributed by atoms with E-state index < -0.39 is 30.3 Å². The zero-order chi connectivity index (χ0) is 23.8. The molecule has 3 heterocycles. The number of anilines is 1. The second-order valence-corrected chi connectivity index (χ2v) is 7.83. The fourth-order valence-corrected chi connectivity index (χ4v) is 3.87. The van der Waals surface area contributed by atoms with Crippen LogP contribution in [0.5, 0.6) is 0 Å². The molecule has 2 N–H and O–H groups in total. The molecule has 2 aromatic rings. The molecular weight excluding hydrogens is 440 g/mol. The summed E-state index contributed by atoms with van der Waals surface area (Å²) in [4.78, 5) is 20.7. The summed E-state index contributed by atoms with van der Waals surface area (Å²) in [7, 11) is 0. The number of carbonyl (C=O) groups excluding carboxylic acids is 1. The van der Waals surface area contributed by atoms with E-state index in [-0.39, 0.29) is 11.6 Å². The summed E-state index contributed by atoms with van der Waals surface area (Å²) >= 11 is 0. The van der Waals surface area contributed by atoms with Crippen molar-refractivity contribution in [3.63, 3.8) is 0 Å². The molecule has 0 spiro atoms. The van der Waals surface area contributed by atoms with Crippen molar-refractivity contribution in [1.29, 1.82) is 0 Å². The minimum atomic E-state index is -4.53. The van der Waals surface area contributed by atoms with Crippen molar-refractivity contribution in [3.8, 4) is 0 Å². The van der Waals surface area contributed by atoms with Crippen molar-refractivity contribution in [1.82, 2.24) is 15.3 Å². The highest BCUT2D eigenvalue weighted by atomic mass is 19.4. The topological polar surface area (TPSA) is 82.0 Å². The number of aromatic nitrogens is 1. The third-order valence-electron chi connectivity index (χ3n) is 5.50. The van der Waals surface area contributed by atoms with Crippen LogP contribution in [0.4, 0.5) is 28.2 Å². The molecule has 2 amide bonds. The minimum Gasteiger partial charge on any atom is -0.329 e. The number of aliphatic imine (C=N–C) groups is 1. The van der Waals surface area contributed by atoms with Crippen molar-refractivity contribution in [2.24, 2.45) is 10.1 Å². The van der Waals surface area contributed by atoms with E-state index in [1.54, 1.807) is 59.9 Å². The summed E-state index contributed by atoms with van der Waals surface area (Å²) < 4.78 is 51.0. The van der Waals surface area contributed by atoms with Crippen LogP contribution >= 0.6 is 0 Å². The van der Waals surface area contributed by atoms with Gasteiger partial charge < -0.3 is 5.32 Å². The summed E-state index contributed by atoms with van der Waals surface area (Å²) in [5, 5.41) is 10.2. The number of amides is 2. The van der Waals surface area contributed by atoms with Crippen LogP contribution in [0, 0.1) is 12.7 Å². The molecule has 0 bridgehead atoms. The number of allylic oxidation sites excluding steroid dienone is 1. The lowest BCUT2D eigenvalue weighted by Gasteiger charge is -2.38. The number of benzene rings is 1. The smallest absolute Gasteiger partial charge is 0.329 e. The number of hydrogen-bond donors (Lipinski definition) is 2. The van der Waals surface area contributed by atoms with Gasteiger partial charge in [-0.2, -0.15) is 18.3 Å². The summed E-state index contributed by atoms with van der Waals surface area (Å²) in [6, 6.07) is 6.52. The first-order valence-electron chi connectivity index (χ1n) is 10.0. The number of amidine groups is 1. The third kappa shape index (κ3) is 4.43. The van der Waals surface area contributed by atoms with Crippen LogP contribution in [0.3, 0.4) is 0 Å². The third-order valence-corrected chi connectivity index (χ3v) is 5.50. The second-order valence-electron chi connectivity index (χ2n) is 7.83. The lowest BCUT2D eigenvalue weighted by Crippen LogP contribution is -2.43. The van der Waals surface area contributed by atoms with Gasteiger partial charge in [0.2, 0.25) is 0 Å². The first kappa shape index (κ1) is 22.4. The average molecular weight is 460 g/mol. The Hall–Kier alpha value is -3.76. The van der Waals surface area contributed by atoms with Gasteiger partial charge in [-0.15, -0.1) is 0 Å². The molecule has 1 aromatic heterocycles. The highest BCUT2D eigenvalue weighted by Gasteiger charge is 2.49. The first-order valence-corrected chi connectivity index (χ1v) is 10.0. The zero-order valence-electron chi connectivity index (χ0n) is 17.7. The Morgan fingerprint density at radius 3 is 2.76 bits per heavy atom.